The number of nitrogen functional groups attached to an aromatic ring is 2. The number of hydrogen-bond acceptors (Lipinski definition) is 8. The lowest BCUT2D eigenvalue weighted by Crippen LogP contribution is -2.23. The van der Waals surface area contributed by atoms with Crippen molar-refractivity contribution in [1.29, 1.82) is 0 Å². The van der Waals surface area contributed by atoms with Gasteiger partial charge in [0.15, 0.2) is 5.82 Å². The molecule has 0 amide bonds. The first kappa shape index (κ1) is 14.1. The van der Waals surface area contributed by atoms with Gasteiger partial charge in [0.25, 0.3) is 5.56 Å². The second-order valence-electron chi connectivity index (χ2n) is 5.54. The third-order valence-electron chi connectivity index (χ3n) is 3.97. The number of nitrogens with two attached hydrogens (primary N) is 2. The SMILES string of the molecule is Nc1nc(N)nc(Cn2cnc3sc4c(c3c2=O)CCCC4)n1. The molecule has 3 aromatic heterocycles. The van der Waals surface area contributed by atoms with Crippen LogP contribution in [0.1, 0.15) is 29.1 Å². The second kappa shape index (κ2) is 5.27. The molecule has 0 fully saturated rings. The first-order chi connectivity index (χ1) is 11.1. The fourth-order valence-electron chi connectivity index (χ4n) is 2.97. The average molecular weight is 329 g/mol. The molecule has 0 unspecified atom stereocenters. The largest absolute Gasteiger partial charge is 0.368 e. The van der Waals surface area contributed by atoms with Gasteiger partial charge >= 0.3 is 0 Å². The zero-order valence-electron chi connectivity index (χ0n) is 12.3. The molecular formula is C14H15N7OS. The minimum Gasteiger partial charge on any atom is -0.368 e. The Morgan fingerprint density at radius 2 is 1.87 bits per heavy atom. The van der Waals surface area contributed by atoms with Crippen molar-refractivity contribution >= 4 is 33.5 Å². The summed E-state index contributed by atoms with van der Waals surface area (Å²) in [6.45, 7) is 0.170. The predicted molar refractivity (Wildman–Crippen MR) is 88.3 cm³/mol. The summed E-state index contributed by atoms with van der Waals surface area (Å²) in [6.07, 6.45) is 5.81. The Hall–Kier alpha value is -2.55. The summed E-state index contributed by atoms with van der Waals surface area (Å²) in [5, 5.41) is 0.738. The summed E-state index contributed by atoms with van der Waals surface area (Å²) in [6, 6.07) is 0. The highest BCUT2D eigenvalue weighted by molar-refractivity contribution is 7.18. The third-order valence-corrected chi connectivity index (χ3v) is 5.17. The van der Waals surface area contributed by atoms with Crippen LogP contribution in [0, 0.1) is 0 Å². The van der Waals surface area contributed by atoms with Crippen molar-refractivity contribution in [2.24, 2.45) is 0 Å². The van der Waals surface area contributed by atoms with E-state index in [-0.39, 0.29) is 24.0 Å². The highest BCUT2D eigenvalue weighted by atomic mass is 32.1. The molecule has 118 valence electrons. The van der Waals surface area contributed by atoms with Crippen LogP contribution < -0.4 is 17.0 Å². The molecule has 0 bridgehead atoms. The van der Waals surface area contributed by atoms with Crippen LogP contribution in [0.3, 0.4) is 0 Å². The van der Waals surface area contributed by atoms with Crippen LogP contribution >= 0.6 is 11.3 Å². The van der Waals surface area contributed by atoms with E-state index in [2.05, 4.69) is 19.9 Å². The molecule has 0 saturated carbocycles. The van der Waals surface area contributed by atoms with Crippen LogP contribution in [0.2, 0.25) is 0 Å². The fourth-order valence-corrected chi connectivity index (χ4v) is 4.19. The number of rotatable bonds is 2. The molecule has 1 aliphatic carbocycles. The van der Waals surface area contributed by atoms with Gasteiger partial charge < -0.3 is 11.5 Å². The Morgan fingerprint density at radius 3 is 2.65 bits per heavy atom. The zero-order valence-corrected chi connectivity index (χ0v) is 13.1. The molecule has 0 aromatic carbocycles. The minimum absolute atomic E-state index is 0.0440. The molecule has 0 saturated heterocycles. The van der Waals surface area contributed by atoms with Crippen LogP contribution in [-0.4, -0.2) is 24.5 Å². The number of hydrogen-bond donors (Lipinski definition) is 2. The topological polar surface area (TPSA) is 126 Å². The number of aryl methyl sites for hydroxylation is 2. The van der Waals surface area contributed by atoms with E-state index in [1.54, 1.807) is 11.3 Å². The molecule has 0 atom stereocenters. The van der Waals surface area contributed by atoms with Gasteiger partial charge in [-0.15, -0.1) is 11.3 Å². The highest BCUT2D eigenvalue weighted by Gasteiger charge is 2.20. The van der Waals surface area contributed by atoms with Gasteiger partial charge in [-0.1, -0.05) is 0 Å². The molecule has 4 N–H and O–H groups in total. The van der Waals surface area contributed by atoms with E-state index in [1.807, 2.05) is 0 Å². The minimum atomic E-state index is -0.0630. The van der Waals surface area contributed by atoms with Crippen molar-refractivity contribution in [1.82, 2.24) is 24.5 Å². The fraction of sp³-hybridized carbons (Fsp3) is 0.357. The van der Waals surface area contributed by atoms with Crippen molar-refractivity contribution in [2.75, 3.05) is 11.5 Å². The highest BCUT2D eigenvalue weighted by Crippen LogP contribution is 2.33. The van der Waals surface area contributed by atoms with E-state index in [1.165, 1.54) is 22.2 Å². The maximum Gasteiger partial charge on any atom is 0.262 e. The molecule has 4 rings (SSSR count). The van der Waals surface area contributed by atoms with Gasteiger partial charge in [0.1, 0.15) is 4.83 Å². The molecule has 9 heteroatoms. The Bertz CT molecular complexity index is 941. The lowest BCUT2D eigenvalue weighted by molar-refractivity contribution is 0.691. The van der Waals surface area contributed by atoms with Gasteiger partial charge in [0.2, 0.25) is 11.9 Å². The van der Waals surface area contributed by atoms with Crippen molar-refractivity contribution in [3.63, 3.8) is 0 Å². The molecular weight excluding hydrogens is 314 g/mol. The third kappa shape index (κ3) is 2.42. The monoisotopic (exact) mass is 329 g/mol. The molecule has 1 aliphatic rings. The Balaban J connectivity index is 1.81. The lowest BCUT2D eigenvalue weighted by atomic mass is 9.97. The number of thiophene rings is 1. The van der Waals surface area contributed by atoms with E-state index in [4.69, 9.17) is 11.5 Å². The van der Waals surface area contributed by atoms with Crippen molar-refractivity contribution in [3.8, 4) is 0 Å². The number of fused-ring (bicyclic) bond motifs is 3. The van der Waals surface area contributed by atoms with Crippen LogP contribution in [0.5, 0.6) is 0 Å². The van der Waals surface area contributed by atoms with Gasteiger partial charge in [-0.05, 0) is 31.2 Å². The van der Waals surface area contributed by atoms with E-state index < -0.39 is 0 Å². The number of aromatic nitrogens is 5. The Kier molecular flexibility index (Phi) is 3.22. The summed E-state index contributed by atoms with van der Waals surface area (Å²) in [7, 11) is 0. The summed E-state index contributed by atoms with van der Waals surface area (Å²) in [5.41, 5.74) is 12.2. The van der Waals surface area contributed by atoms with Crippen molar-refractivity contribution in [2.45, 2.75) is 32.2 Å². The molecule has 0 spiro atoms. The van der Waals surface area contributed by atoms with E-state index in [0.29, 0.717) is 5.82 Å². The zero-order chi connectivity index (χ0) is 16.0. The Labute approximate surface area is 135 Å². The quantitative estimate of drug-likeness (QED) is 0.710. The molecule has 0 radical (unpaired) electrons. The van der Waals surface area contributed by atoms with Gasteiger partial charge in [-0.25, -0.2) is 4.98 Å². The van der Waals surface area contributed by atoms with E-state index in [0.717, 1.165) is 35.0 Å². The van der Waals surface area contributed by atoms with Gasteiger partial charge in [0.05, 0.1) is 18.3 Å². The molecule has 0 aliphatic heterocycles. The molecule has 3 aromatic rings. The predicted octanol–water partition coefficient (Wildman–Crippen LogP) is 0.734. The van der Waals surface area contributed by atoms with Gasteiger partial charge in [-0.3, -0.25) is 9.36 Å². The normalized spacial score (nSPS) is 14.1. The summed E-state index contributed by atoms with van der Waals surface area (Å²) in [5.74, 6) is 0.437. The van der Waals surface area contributed by atoms with Gasteiger partial charge in [-0.2, -0.15) is 15.0 Å². The van der Waals surface area contributed by atoms with Gasteiger partial charge in [0, 0.05) is 4.88 Å². The maximum absolute atomic E-state index is 12.8. The first-order valence-corrected chi connectivity index (χ1v) is 8.19. The summed E-state index contributed by atoms with van der Waals surface area (Å²) >= 11 is 1.63. The van der Waals surface area contributed by atoms with Crippen LogP contribution in [0.25, 0.3) is 10.2 Å². The number of anilines is 2. The average Bonchev–Trinajstić information content (AvgIpc) is 2.88. The summed E-state index contributed by atoms with van der Waals surface area (Å²) < 4.78 is 1.50. The number of nitrogens with zero attached hydrogens (tertiary/aromatic N) is 5. The van der Waals surface area contributed by atoms with Crippen molar-refractivity contribution in [3.05, 3.63) is 32.9 Å². The molecule has 23 heavy (non-hydrogen) atoms. The summed E-state index contributed by atoms with van der Waals surface area (Å²) in [4.78, 5) is 31.1. The maximum atomic E-state index is 12.8. The molecule has 3 heterocycles. The van der Waals surface area contributed by atoms with E-state index in [9.17, 15) is 4.79 Å². The first-order valence-electron chi connectivity index (χ1n) is 7.37. The van der Waals surface area contributed by atoms with Crippen LogP contribution in [0.15, 0.2) is 11.1 Å². The van der Waals surface area contributed by atoms with E-state index >= 15 is 0 Å². The standard InChI is InChI=1S/C14H15N7OS/c15-13-18-9(19-14(16)20-13)5-21-6-17-11-10(12(21)22)7-3-1-2-4-8(7)23-11/h6H,1-5H2,(H4,15,16,18,19,20). The Morgan fingerprint density at radius 1 is 1.13 bits per heavy atom. The molecule has 8 nitrogen and oxygen atoms in total. The smallest absolute Gasteiger partial charge is 0.262 e. The second-order valence-corrected chi connectivity index (χ2v) is 6.62. The van der Waals surface area contributed by atoms with Crippen LogP contribution in [0.4, 0.5) is 11.9 Å². The lowest BCUT2D eigenvalue weighted by Gasteiger charge is -2.10. The van der Waals surface area contributed by atoms with Crippen LogP contribution in [-0.2, 0) is 19.4 Å². The van der Waals surface area contributed by atoms with Crippen molar-refractivity contribution < 1.29 is 0 Å².